The van der Waals surface area contributed by atoms with E-state index < -0.39 is 17.8 Å². The lowest BCUT2D eigenvalue weighted by atomic mass is 10.2. The lowest BCUT2D eigenvalue weighted by Gasteiger charge is -2.18. The molecular weight excluding hydrogens is 284 g/mol. The maximum absolute atomic E-state index is 11.4. The van der Waals surface area contributed by atoms with Crippen LogP contribution in [0.5, 0.6) is 0 Å². The van der Waals surface area contributed by atoms with Crippen molar-refractivity contribution in [2.45, 2.75) is 33.3 Å². The minimum Gasteiger partial charge on any atom is -0.450 e. The van der Waals surface area contributed by atoms with E-state index in [1.807, 2.05) is 45.2 Å². The molecule has 1 aromatic heterocycles. The van der Waals surface area contributed by atoms with Crippen LogP contribution in [-0.2, 0) is 4.74 Å². The van der Waals surface area contributed by atoms with Gasteiger partial charge in [-0.3, -0.25) is 5.32 Å². The van der Waals surface area contributed by atoms with Gasteiger partial charge in [0.05, 0.1) is 5.69 Å². The largest absolute Gasteiger partial charge is 0.503 e. The Balaban J connectivity index is 0.000000796. The van der Waals surface area contributed by atoms with Crippen molar-refractivity contribution < 1.29 is 24.5 Å². The molecule has 0 aromatic carbocycles. The van der Waals surface area contributed by atoms with Crippen molar-refractivity contribution in [1.82, 2.24) is 4.98 Å². The van der Waals surface area contributed by atoms with Crippen molar-refractivity contribution >= 4 is 34.8 Å². The number of ether oxygens (including phenoxy) is 1. The first-order chi connectivity index (χ1) is 9.14. The number of nitrogens with zero attached hydrogens (tertiary/aromatic N) is 1. The first-order valence-corrected chi connectivity index (χ1v) is 6.52. The number of carbonyl (C=O) groups excluding carboxylic acids is 1. The van der Waals surface area contributed by atoms with Gasteiger partial charge in [0, 0.05) is 5.38 Å². The van der Waals surface area contributed by atoms with Crippen molar-refractivity contribution in [3.63, 3.8) is 0 Å². The smallest absolute Gasteiger partial charge is 0.450 e. The Bertz CT molecular complexity index is 472. The molecule has 0 aliphatic heterocycles. The summed E-state index contributed by atoms with van der Waals surface area (Å²) < 4.78 is 5.11. The van der Waals surface area contributed by atoms with Gasteiger partial charge in [-0.15, -0.1) is 11.3 Å². The number of hydrogen-bond acceptors (Lipinski definition) is 5. The quantitative estimate of drug-likeness (QED) is 0.767. The number of hydrogen-bond donors (Lipinski definition) is 3. The van der Waals surface area contributed by atoms with Crippen LogP contribution in [0.4, 0.5) is 14.7 Å². The van der Waals surface area contributed by atoms with Crippen LogP contribution in [-0.4, -0.2) is 33.0 Å². The normalized spacial score (nSPS) is 10.6. The standard InChI is InChI=1S/C11H16N2O2S.CH2O3/c1-5-6-8-7-16-9(12-8)13-10(14)15-11(2,3)4;2-1(3)4/h5-7H,1-4H3,(H,12,13,14);(H2,2,3,4)/b6-5-;. The van der Waals surface area contributed by atoms with Gasteiger partial charge in [-0.2, -0.15) is 0 Å². The lowest BCUT2D eigenvalue weighted by molar-refractivity contribution is 0.0635. The second-order valence-electron chi connectivity index (χ2n) is 4.49. The molecule has 0 saturated heterocycles. The first kappa shape index (κ1) is 17.9. The van der Waals surface area contributed by atoms with Gasteiger partial charge in [0.2, 0.25) is 0 Å². The van der Waals surface area contributed by atoms with E-state index >= 15 is 0 Å². The molecule has 0 saturated carbocycles. The van der Waals surface area contributed by atoms with Crippen LogP contribution in [0.25, 0.3) is 6.08 Å². The molecule has 0 bridgehead atoms. The molecule has 0 radical (unpaired) electrons. The zero-order valence-corrected chi connectivity index (χ0v) is 12.5. The van der Waals surface area contributed by atoms with Gasteiger partial charge < -0.3 is 14.9 Å². The fourth-order valence-electron chi connectivity index (χ4n) is 0.982. The SMILES string of the molecule is C/C=C\c1csc(NC(=O)OC(C)(C)C)n1.O=C(O)O. The van der Waals surface area contributed by atoms with E-state index in [1.165, 1.54) is 11.3 Å². The lowest BCUT2D eigenvalue weighted by Crippen LogP contribution is -2.27. The summed E-state index contributed by atoms with van der Waals surface area (Å²) in [5.74, 6) is 0. The molecule has 8 heteroatoms. The van der Waals surface area contributed by atoms with Gasteiger partial charge in [0.25, 0.3) is 0 Å². The summed E-state index contributed by atoms with van der Waals surface area (Å²) in [6.45, 7) is 7.37. The Morgan fingerprint density at radius 2 is 1.95 bits per heavy atom. The summed E-state index contributed by atoms with van der Waals surface area (Å²) in [5.41, 5.74) is 0.339. The van der Waals surface area contributed by atoms with Gasteiger partial charge in [0.1, 0.15) is 5.60 Å². The second kappa shape index (κ2) is 8.16. The Kier molecular flexibility index (Phi) is 7.30. The molecule has 1 heterocycles. The molecular formula is C12H18N2O5S. The van der Waals surface area contributed by atoms with E-state index in [0.717, 1.165) is 5.69 Å². The Hall–Kier alpha value is -2.09. The van der Waals surface area contributed by atoms with Gasteiger partial charge in [0.15, 0.2) is 5.13 Å². The number of rotatable bonds is 2. The predicted molar refractivity (Wildman–Crippen MR) is 77.3 cm³/mol. The fraction of sp³-hybridized carbons (Fsp3) is 0.417. The topological polar surface area (TPSA) is 109 Å². The molecule has 0 spiro atoms. The van der Waals surface area contributed by atoms with Crippen LogP contribution in [0, 0.1) is 0 Å². The van der Waals surface area contributed by atoms with Crippen molar-refractivity contribution in [2.75, 3.05) is 5.32 Å². The average Bonchev–Trinajstić information content (AvgIpc) is 2.61. The molecule has 112 valence electrons. The number of thiazole rings is 1. The van der Waals surface area contributed by atoms with Crippen LogP contribution >= 0.6 is 11.3 Å². The molecule has 7 nitrogen and oxygen atoms in total. The van der Waals surface area contributed by atoms with Gasteiger partial charge in [-0.25, -0.2) is 14.6 Å². The molecule has 1 rings (SSSR count). The van der Waals surface area contributed by atoms with E-state index in [2.05, 4.69) is 10.3 Å². The third kappa shape index (κ3) is 9.89. The van der Waals surface area contributed by atoms with Crippen LogP contribution < -0.4 is 5.32 Å². The first-order valence-electron chi connectivity index (χ1n) is 5.64. The van der Waals surface area contributed by atoms with E-state index in [-0.39, 0.29) is 0 Å². The molecule has 0 fully saturated rings. The Morgan fingerprint density at radius 3 is 2.40 bits per heavy atom. The van der Waals surface area contributed by atoms with Crippen molar-refractivity contribution in [2.24, 2.45) is 0 Å². The summed E-state index contributed by atoms with van der Waals surface area (Å²) in [6, 6.07) is 0. The molecule has 0 aliphatic rings. The number of carboxylic acid groups (broad SMARTS) is 2. The number of anilines is 1. The second-order valence-corrected chi connectivity index (χ2v) is 5.35. The predicted octanol–water partition coefficient (Wildman–Crippen LogP) is 3.75. The van der Waals surface area contributed by atoms with Crippen LogP contribution in [0.1, 0.15) is 33.4 Å². The maximum atomic E-state index is 11.4. The summed E-state index contributed by atoms with van der Waals surface area (Å²) >= 11 is 1.37. The van der Waals surface area contributed by atoms with Crippen LogP contribution in [0.15, 0.2) is 11.5 Å². The number of amides is 1. The molecule has 1 amide bonds. The summed E-state index contributed by atoms with van der Waals surface area (Å²) in [4.78, 5) is 24.2. The monoisotopic (exact) mass is 302 g/mol. The van der Waals surface area contributed by atoms with Gasteiger partial charge >= 0.3 is 12.2 Å². The highest BCUT2D eigenvalue weighted by Crippen LogP contribution is 2.17. The van der Waals surface area contributed by atoms with E-state index in [1.54, 1.807) is 0 Å². The third-order valence-corrected chi connectivity index (χ3v) is 2.24. The average molecular weight is 302 g/mol. The van der Waals surface area contributed by atoms with E-state index in [4.69, 9.17) is 19.7 Å². The van der Waals surface area contributed by atoms with E-state index in [9.17, 15) is 4.79 Å². The highest BCUT2D eigenvalue weighted by molar-refractivity contribution is 7.14. The molecule has 0 atom stereocenters. The molecule has 0 unspecified atom stereocenters. The number of carbonyl (C=O) groups is 2. The Morgan fingerprint density at radius 1 is 1.40 bits per heavy atom. The van der Waals surface area contributed by atoms with Gasteiger partial charge in [-0.1, -0.05) is 6.08 Å². The molecule has 1 aromatic rings. The fourth-order valence-corrected chi connectivity index (χ4v) is 1.65. The van der Waals surface area contributed by atoms with Crippen LogP contribution in [0.2, 0.25) is 0 Å². The minimum absolute atomic E-state index is 0.478. The number of aromatic nitrogens is 1. The summed E-state index contributed by atoms with van der Waals surface area (Å²) in [6.07, 6.45) is 1.46. The van der Waals surface area contributed by atoms with Crippen molar-refractivity contribution in [3.8, 4) is 0 Å². The highest BCUT2D eigenvalue weighted by Gasteiger charge is 2.16. The molecule has 3 N–H and O–H groups in total. The molecule has 0 aliphatic carbocycles. The molecule has 20 heavy (non-hydrogen) atoms. The minimum atomic E-state index is -1.83. The third-order valence-electron chi connectivity index (χ3n) is 1.47. The van der Waals surface area contributed by atoms with E-state index in [0.29, 0.717) is 5.13 Å². The summed E-state index contributed by atoms with van der Waals surface area (Å²) in [7, 11) is 0. The zero-order valence-electron chi connectivity index (χ0n) is 11.7. The Labute approximate surface area is 120 Å². The van der Waals surface area contributed by atoms with Crippen molar-refractivity contribution in [3.05, 3.63) is 17.2 Å². The number of allylic oxidation sites excluding steroid dienone is 1. The zero-order chi connectivity index (χ0) is 15.8. The van der Waals surface area contributed by atoms with Crippen molar-refractivity contribution in [1.29, 1.82) is 0 Å². The maximum Gasteiger partial charge on any atom is 0.503 e. The highest BCUT2D eigenvalue weighted by atomic mass is 32.1. The van der Waals surface area contributed by atoms with Crippen LogP contribution in [0.3, 0.4) is 0 Å². The van der Waals surface area contributed by atoms with Gasteiger partial charge in [-0.05, 0) is 33.8 Å². The summed E-state index contributed by atoms with van der Waals surface area (Å²) in [5, 5.41) is 18.9. The number of nitrogens with one attached hydrogen (secondary N) is 1.